The largest absolute Gasteiger partial charge is 0.287 e. The van der Waals surface area contributed by atoms with Crippen LogP contribution in [0.2, 0.25) is 0 Å². The lowest BCUT2D eigenvalue weighted by molar-refractivity contribution is 0.653. The number of rotatable bonds is 7. The van der Waals surface area contributed by atoms with Crippen molar-refractivity contribution >= 4 is 5.71 Å². The molecule has 0 aromatic rings. The predicted molar refractivity (Wildman–Crippen MR) is 91.4 cm³/mol. The third kappa shape index (κ3) is 4.19. The molecule has 1 nitrogen and oxygen atoms in total. The highest BCUT2D eigenvalue weighted by Crippen LogP contribution is 2.52. The molecule has 0 spiro atoms. The van der Waals surface area contributed by atoms with E-state index in [1.54, 1.807) is 0 Å². The monoisotopic (exact) mass is 273 g/mol. The first-order valence-corrected chi connectivity index (χ1v) is 7.78. The second kappa shape index (κ2) is 6.56. The van der Waals surface area contributed by atoms with Crippen LogP contribution < -0.4 is 0 Å². The maximum atomic E-state index is 4.93. The van der Waals surface area contributed by atoms with Gasteiger partial charge in [0.15, 0.2) is 0 Å². The van der Waals surface area contributed by atoms with E-state index >= 15 is 0 Å². The van der Waals surface area contributed by atoms with Crippen molar-refractivity contribution in [3.05, 3.63) is 36.0 Å². The third-order valence-electron chi connectivity index (χ3n) is 4.73. The Bertz CT molecular complexity index is 452. The molecule has 1 saturated carbocycles. The molecule has 1 rings (SSSR count). The van der Waals surface area contributed by atoms with Crippen molar-refractivity contribution in [3.8, 4) is 0 Å². The first-order valence-electron chi connectivity index (χ1n) is 7.78. The van der Waals surface area contributed by atoms with E-state index in [2.05, 4.69) is 53.9 Å². The molecule has 1 heteroatoms. The molecule has 0 bridgehead atoms. The Balaban J connectivity index is 2.63. The summed E-state index contributed by atoms with van der Waals surface area (Å²) in [6, 6.07) is 0. The van der Waals surface area contributed by atoms with Gasteiger partial charge in [-0.2, -0.15) is 0 Å². The van der Waals surface area contributed by atoms with Crippen molar-refractivity contribution in [2.24, 2.45) is 16.8 Å². The van der Waals surface area contributed by atoms with Crippen LogP contribution in [0.25, 0.3) is 0 Å². The summed E-state index contributed by atoms with van der Waals surface area (Å²) in [4.78, 5) is 4.93. The van der Waals surface area contributed by atoms with Crippen LogP contribution in [0.15, 0.2) is 40.9 Å². The highest BCUT2D eigenvalue weighted by molar-refractivity contribution is 5.84. The van der Waals surface area contributed by atoms with E-state index in [-0.39, 0.29) is 5.54 Å². The van der Waals surface area contributed by atoms with Crippen LogP contribution in [-0.4, -0.2) is 11.3 Å². The summed E-state index contributed by atoms with van der Waals surface area (Å²) in [5, 5.41) is 0. The molecule has 3 unspecified atom stereocenters. The van der Waals surface area contributed by atoms with Gasteiger partial charge in [-0.1, -0.05) is 44.2 Å². The zero-order valence-electron chi connectivity index (χ0n) is 14.2. The van der Waals surface area contributed by atoms with E-state index in [1.165, 1.54) is 23.3 Å². The quantitative estimate of drug-likeness (QED) is 0.318. The fourth-order valence-electron chi connectivity index (χ4n) is 2.59. The van der Waals surface area contributed by atoms with Crippen molar-refractivity contribution < 1.29 is 0 Å². The van der Waals surface area contributed by atoms with Gasteiger partial charge in [-0.25, -0.2) is 0 Å². The van der Waals surface area contributed by atoms with Crippen LogP contribution in [0, 0.1) is 11.8 Å². The van der Waals surface area contributed by atoms with Crippen LogP contribution in [0.3, 0.4) is 0 Å². The SMILES string of the molecule is C=C(C)C(=C)C1CC1(C)N=C(C)C/C=C(\C)C(C)CC. The van der Waals surface area contributed by atoms with Gasteiger partial charge in [-0.05, 0) is 52.0 Å². The minimum atomic E-state index is 0.0677. The molecule has 1 aliphatic carbocycles. The lowest BCUT2D eigenvalue weighted by atomic mass is 9.98. The lowest BCUT2D eigenvalue weighted by Crippen LogP contribution is -2.08. The van der Waals surface area contributed by atoms with Gasteiger partial charge >= 0.3 is 0 Å². The Morgan fingerprint density at radius 1 is 1.35 bits per heavy atom. The van der Waals surface area contributed by atoms with Gasteiger partial charge in [0.2, 0.25) is 0 Å². The highest BCUT2D eigenvalue weighted by atomic mass is 14.9. The molecular weight excluding hydrogens is 242 g/mol. The molecule has 112 valence electrons. The van der Waals surface area contributed by atoms with Gasteiger partial charge in [0.25, 0.3) is 0 Å². The minimum Gasteiger partial charge on any atom is -0.287 e. The van der Waals surface area contributed by atoms with E-state index in [0.29, 0.717) is 11.8 Å². The molecule has 0 amide bonds. The van der Waals surface area contributed by atoms with E-state index in [4.69, 9.17) is 4.99 Å². The topological polar surface area (TPSA) is 12.4 Å². The van der Waals surface area contributed by atoms with Crippen LogP contribution in [0.1, 0.15) is 60.8 Å². The summed E-state index contributed by atoms with van der Waals surface area (Å²) in [5.74, 6) is 1.17. The maximum Gasteiger partial charge on any atom is 0.0655 e. The predicted octanol–water partition coefficient (Wildman–Crippen LogP) is 5.74. The van der Waals surface area contributed by atoms with Crippen LogP contribution in [0.5, 0.6) is 0 Å². The summed E-state index contributed by atoms with van der Waals surface area (Å²) in [6.07, 6.45) is 5.63. The van der Waals surface area contributed by atoms with Crippen LogP contribution >= 0.6 is 0 Å². The zero-order chi connectivity index (χ0) is 15.5. The maximum absolute atomic E-state index is 4.93. The molecule has 20 heavy (non-hydrogen) atoms. The summed E-state index contributed by atoms with van der Waals surface area (Å²) in [7, 11) is 0. The number of nitrogens with zero attached hydrogens (tertiary/aromatic N) is 1. The smallest absolute Gasteiger partial charge is 0.0655 e. The summed E-state index contributed by atoms with van der Waals surface area (Å²) in [6.45, 7) is 21.3. The van der Waals surface area contributed by atoms with Crippen molar-refractivity contribution in [1.29, 1.82) is 0 Å². The first kappa shape index (κ1) is 16.9. The van der Waals surface area contributed by atoms with Crippen molar-refractivity contribution in [1.82, 2.24) is 0 Å². The Hall–Kier alpha value is -1.11. The molecule has 0 N–H and O–H groups in total. The van der Waals surface area contributed by atoms with Gasteiger partial charge in [-0.15, -0.1) is 0 Å². The van der Waals surface area contributed by atoms with Crippen molar-refractivity contribution in [2.45, 2.75) is 66.3 Å². The summed E-state index contributed by atoms with van der Waals surface area (Å²) in [5.41, 5.74) is 5.05. The average Bonchev–Trinajstić information content (AvgIpc) is 3.05. The first-order chi connectivity index (χ1) is 9.21. The minimum absolute atomic E-state index is 0.0677. The van der Waals surface area contributed by atoms with Gasteiger partial charge in [0.05, 0.1) is 5.54 Å². The molecule has 0 aromatic heterocycles. The normalized spacial score (nSPS) is 28.2. The Labute approximate surface area is 125 Å². The molecule has 0 saturated heterocycles. The highest BCUT2D eigenvalue weighted by Gasteiger charge is 2.51. The fourth-order valence-corrected chi connectivity index (χ4v) is 2.59. The van der Waals surface area contributed by atoms with Crippen LogP contribution in [-0.2, 0) is 0 Å². The number of aliphatic imine (C=N–C) groups is 1. The van der Waals surface area contributed by atoms with E-state index in [9.17, 15) is 0 Å². The van der Waals surface area contributed by atoms with Crippen molar-refractivity contribution in [2.75, 3.05) is 0 Å². The van der Waals surface area contributed by atoms with Gasteiger partial charge in [0.1, 0.15) is 0 Å². The fraction of sp³-hybridized carbons (Fsp3) is 0.632. The third-order valence-corrected chi connectivity index (χ3v) is 4.73. The lowest BCUT2D eigenvalue weighted by Gasteiger charge is -2.11. The molecule has 0 aliphatic heterocycles. The number of allylic oxidation sites excluding steroid dienone is 3. The number of hydrogen-bond donors (Lipinski definition) is 0. The summed E-state index contributed by atoms with van der Waals surface area (Å²) < 4.78 is 0. The molecule has 0 aromatic carbocycles. The Kier molecular flexibility index (Phi) is 5.56. The average molecular weight is 273 g/mol. The van der Waals surface area contributed by atoms with E-state index < -0.39 is 0 Å². The molecule has 3 atom stereocenters. The number of hydrogen-bond acceptors (Lipinski definition) is 1. The zero-order valence-corrected chi connectivity index (χ0v) is 14.2. The second-order valence-electron chi connectivity index (χ2n) is 6.73. The molecular formula is C19H31N. The van der Waals surface area contributed by atoms with Crippen molar-refractivity contribution in [3.63, 3.8) is 0 Å². The van der Waals surface area contributed by atoms with Gasteiger partial charge in [-0.3, -0.25) is 4.99 Å². The molecule has 1 aliphatic rings. The Morgan fingerprint density at radius 3 is 2.45 bits per heavy atom. The Morgan fingerprint density at radius 2 is 1.95 bits per heavy atom. The van der Waals surface area contributed by atoms with E-state index in [0.717, 1.165) is 18.4 Å². The van der Waals surface area contributed by atoms with Crippen LogP contribution in [0.4, 0.5) is 0 Å². The second-order valence-corrected chi connectivity index (χ2v) is 6.73. The van der Waals surface area contributed by atoms with Gasteiger partial charge < -0.3 is 0 Å². The van der Waals surface area contributed by atoms with E-state index in [1.807, 2.05) is 6.92 Å². The molecule has 1 fully saturated rings. The van der Waals surface area contributed by atoms with Gasteiger partial charge in [0, 0.05) is 18.1 Å². The standard InChI is InChI=1S/C19H31N/c1-9-14(4)15(5)10-11-16(6)20-19(8)12-18(19)17(7)13(2)3/h10,14,18H,2,7,9,11-12H2,1,3-6,8H3/b15-10+,20-16?. The summed E-state index contributed by atoms with van der Waals surface area (Å²) >= 11 is 0. The molecule has 0 radical (unpaired) electrons. The molecule has 0 heterocycles.